The zero-order valence-corrected chi connectivity index (χ0v) is 20.0. The van der Waals surface area contributed by atoms with Crippen LogP contribution < -0.4 is 10.9 Å². The molecule has 0 atom stereocenters. The van der Waals surface area contributed by atoms with Crippen LogP contribution in [0.1, 0.15) is 39.5 Å². The van der Waals surface area contributed by atoms with Gasteiger partial charge in [0.05, 0.1) is 11.1 Å². The van der Waals surface area contributed by atoms with E-state index in [2.05, 4.69) is 85.9 Å². The molecule has 1 N–H and O–H groups in total. The van der Waals surface area contributed by atoms with Gasteiger partial charge >= 0.3 is 0 Å². The summed E-state index contributed by atoms with van der Waals surface area (Å²) >= 11 is 0. The Hall–Kier alpha value is -3.66. The second-order valence-corrected chi connectivity index (χ2v) is 8.73. The van der Waals surface area contributed by atoms with Gasteiger partial charge in [-0.05, 0) is 30.4 Å². The van der Waals surface area contributed by atoms with E-state index in [1.807, 2.05) is 6.07 Å². The zero-order valence-electron chi connectivity index (χ0n) is 20.0. The molecule has 0 aliphatic heterocycles. The average Bonchev–Trinajstić information content (AvgIpc) is 2.89. The van der Waals surface area contributed by atoms with Crippen molar-refractivity contribution in [3.8, 4) is 11.3 Å². The molecule has 2 aromatic heterocycles. The van der Waals surface area contributed by atoms with Gasteiger partial charge in [0.1, 0.15) is 11.4 Å². The molecule has 0 unspecified atom stereocenters. The Kier molecular flexibility index (Phi) is 6.57. The summed E-state index contributed by atoms with van der Waals surface area (Å²) in [6.45, 7) is 5.98. The third kappa shape index (κ3) is 4.28. The SMILES string of the molecule is CCCCN=c1oc2c3ccccc3ccc2c2cc(-c3ccccc3)nc(NCCCC)c12. The Bertz CT molecular complexity index is 1500. The highest BCUT2D eigenvalue weighted by atomic mass is 16.3. The molecule has 0 radical (unpaired) electrons. The number of pyridine rings is 1. The fraction of sp³-hybridized carbons (Fsp3) is 0.267. The number of hydrogen-bond acceptors (Lipinski definition) is 4. The highest BCUT2D eigenvalue weighted by molar-refractivity contribution is 6.16. The highest BCUT2D eigenvalue weighted by Gasteiger charge is 2.16. The van der Waals surface area contributed by atoms with Crippen molar-refractivity contribution in [1.29, 1.82) is 0 Å². The van der Waals surface area contributed by atoms with E-state index in [-0.39, 0.29) is 0 Å². The topological polar surface area (TPSA) is 50.4 Å². The smallest absolute Gasteiger partial charge is 0.226 e. The lowest BCUT2D eigenvalue weighted by Crippen LogP contribution is -2.12. The van der Waals surface area contributed by atoms with Crippen LogP contribution in [0.5, 0.6) is 0 Å². The molecule has 0 aliphatic carbocycles. The molecule has 5 aromatic rings. The monoisotopic (exact) mass is 449 g/mol. The van der Waals surface area contributed by atoms with Gasteiger partial charge in [0, 0.05) is 34.8 Å². The van der Waals surface area contributed by atoms with E-state index in [0.29, 0.717) is 5.55 Å². The molecule has 4 heteroatoms. The molecule has 172 valence electrons. The van der Waals surface area contributed by atoms with Gasteiger partial charge in [-0.1, -0.05) is 87.4 Å². The van der Waals surface area contributed by atoms with Gasteiger partial charge in [-0.3, -0.25) is 4.99 Å². The molecule has 4 nitrogen and oxygen atoms in total. The lowest BCUT2D eigenvalue weighted by molar-refractivity contribution is 0.544. The molecule has 0 saturated carbocycles. The summed E-state index contributed by atoms with van der Waals surface area (Å²) in [6.07, 6.45) is 4.32. The Labute approximate surface area is 200 Å². The number of benzene rings is 3. The maximum absolute atomic E-state index is 6.58. The van der Waals surface area contributed by atoms with Gasteiger partial charge < -0.3 is 9.73 Å². The van der Waals surface area contributed by atoms with Gasteiger partial charge in [-0.15, -0.1) is 0 Å². The normalized spacial score (nSPS) is 12.1. The summed E-state index contributed by atoms with van der Waals surface area (Å²) in [4.78, 5) is 10.00. The third-order valence-electron chi connectivity index (χ3n) is 6.26. The summed E-state index contributed by atoms with van der Waals surface area (Å²) in [7, 11) is 0. The summed E-state index contributed by atoms with van der Waals surface area (Å²) in [5, 5.41) is 9.04. The maximum Gasteiger partial charge on any atom is 0.226 e. The van der Waals surface area contributed by atoms with Crippen molar-refractivity contribution in [3.63, 3.8) is 0 Å². The quantitative estimate of drug-likeness (QED) is 0.195. The molecular weight excluding hydrogens is 418 g/mol. The number of nitrogens with zero attached hydrogens (tertiary/aromatic N) is 2. The summed E-state index contributed by atoms with van der Waals surface area (Å²) in [5.74, 6) is 0.846. The van der Waals surface area contributed by atoms with Crippen molar-refractivity contribution in [1.82, 2.24) is 4.98 Å². The minimum absolute atomic E-state index is 0.665. The first-order chi connectivity index (χ1) is 16.8. The molecule has 0 fully saturated rings. The first-order valence-electron chi connectivity index (χ1n) is 12.4. The second kappa shape index (κ2) is 10.1. The maximum atomic E-state index is 6.58. The predicted octanol–water partition coefficient (Wildman–Crippen LogP) is 7.71. The Morgan fingerprint density at radius 3 is 2.44 bits per heavy atom. The molecule has 0 bridgehead atoms. The first-order valence-corrected chi connectivity index (χ1v) is 12.4. The molecule has 3 aromatic carbocycles. The molecule has 0 spiro atoms. The van der Waals surface area contributed by atoms with E-state index in [1.165, 1.54) is 0 Å². The summed E-state index contributed by atoms with van der Waals surface area (Å²) < 4.78 is 6.58. The van der Waals surface area contributed by atoms with Crippen LogP contribution in [0.4, 0.5) is 5.82 Å². The Morgan fingerprint density at radius 2 is 1.62 bits per heavy atom. The number of unbranched alkanes of at least 4 members (excludes halogenated alkanes) is 2. The van der Waals surface area contributed by atoms with Gasteiger partial charge in [0.15, 0.2) is 0 Å². The van der Waals surface area contributed by atoms with E-state index < -0.39 is 0 Å². The average molecular weight is 450 g/mol. The number of nitrogens with one attached hydrogen (secondary N) is 1. The van der Waals surface area contributed by atoms with Gasteiger partial charge in [0.2, 0.25) is 5.55 Å². The largest absolute Gasteiger partial charge is 0.437 e. The van der Waals surface area contributed by atoms with Gasteiger partial charge in [-0.25, -0.2) is 4.98 Å². The standard InChI is InChI=1S/C30H31N3O/c1-3-5-18-31-29-27-25(20-26(33-29)22-13-8-7-9-14-22)24-17-16-21-12-10-11-15-23(21)28(24)34-30(27)32-19-6-4-2/h7-17,20H,3-6,18-19H2,1-2H3,(H,31,33). The van der Waals surface area contributed by atoms with Crippen LogP contribution in [0.15, 0.2) is 82.2 Å². The van der Waals surface area contributed by atoms with Crippen LogP contribution in [0, 0.1) is 0 Å². The van der Waals surface area contributed by atoms with E-state index in [4.69, 9.17) is 14.4 Å². The molecular formula is C30H31N3O. The van der Waals surface area contributed by atoms with Crippen molar-refractivity contribution in [2.45, 2.75) is 39.5 Å². The number of aromatic nitrogens is 1. The molecule has 5 rings (SSSR count). The van der Waals surface area contributed by atoms with Crippen molar-refractivity contribution >= 4 is 38.3 Å². The second-order valence-electron chi connectivity index (χ2n) is 8.73. The molecule has 0 saturated heterocycles. The van der Waals surface area contributed by atoms with Crippen LogP contribution in [0.3, 0.4) is 0 Å². The van der Waals surface area contributed by atoms with Crippen LogP contribution in [-0.2, 0) is 0 Å². The van der Waals surface area contributed by atoms with Crippen molar-refractivity contribution in [2.75, 3.05) is 18.4 Å². The summed E-state index contributed by atoms with van der Waals surface area (Å²) in [5.41, 5.74) is 3.60. The van der Waals surface area contributed by atoms with Crippen LogP contribution in [0.25, 0.3) is 43.8 Å². The summed E-state index contributed by atoms with van der Waals surface area (Å²) in [6, 6.07) is 25.3. The van der Waals surface area contributed by atoms with E-state index in [1.54, 1.807) is 0 Å². The lowest BCUT2D eigenvalue weighted by atomic mass is 10.0. The Morgan fingerprint density at radius 1 is 0.824 bits per heavy atom. The number of fused-ring (bicyclic) bond motifs is 5. The van der Waals surface area contributed by atoms with E-state index in [0.717, 1.165) is 88.4 Å². The fourth-order valence-electron chi connectivity index (χ4n) is 4.41. The minimum Gasteiger partial charge on any atom is -0.437 e. The molecule has 2 heterocycles. The predicted molar refractivity (Wildman–Crippen MR) is 143 cm³/mol. The van der Waals surface area contributed by atoms with Crippen LogP contribution >= 0.6 is 0 Å². The number of anilines is 1. The number of hydrogen-bond donors (Lipinski definition) is 1. The highest BCUT2D eigenvalue weighted by Crippen LogP contribution is 2.34. The molecule has 0 amide bonds. The van der Waals surface area contributed by atoms with Crippen molar-refractivity contribution < 1.29 is 4.42 Å². The fourth-order valence-corrected chi connectivity index (χ4v) is 4.41. The van der Waals surface area contributed by atoms with Crippen molar-refractivity contribution in [3.05, 3.63) is 78.4 Å². The van der Waals surface area contributed by atoms with E-state index >= 15 is 0 Å². The third-order valence-corrected chi connectivity index (χ3v) is 6.26. The zero-order chi connectivity index (χ0) is 23.3. The van der Waals surface area contributed by atoms with Crippen molar-refractivity contribution in [2.24, 2.45) is 4.99 Å². The molecule has 0 aliphatic rings. The first kappa shape index (κ1) is 22.1. The number of rotatable bonds is 8. The van der Waals surface area contributed by atoms with Gasteiger partial charge in [-0.2, -0.15) is 0 Å². The van der Waals surface area contributed by atoms with Crippen LogP contribution in [-0.4, -0.2) is 18.1 Å². The lowest BCUT2D eigenvalue weighted by Gasteiger charge is -2.14. The Balaban J connectivity index is 1.88. The minimum atomic E-state index is 0.665. The van der Waals surface area contributed by atoms with Gasteiger partial charge in [0.25, 0.3) is 0 Å². The van der Waals surface area contributed by atoms with Crippen LogP contribution in [0.2, 0.25) is 0 Å². The molecule has 34 heavy (non-hydrogen) atoms. The van der Waals surface area contributed by atoms with E-state index in [9.17, 15) is 0 Å².